The number of unbranched alkanes of at least 4 members (excludes halogenated alkanes) is 1. The van der Waals surface area contributed by atoms with E-state index >= 15 is 0 Å². The monoisotopic (exact) mass is 520 g/mol. The molecule has 0 aliphatic carbocycles. The quantitative estimate of drug-likeness (QED) is 0.120. The number of hydrogen-bond donors (Lipinski definition) is 0. The zero-order valence-electron chi connectivity index (χ0n) is 20.9. The number of hydrogen-bond acceptors (Lipinski definition) is 7. The van der Waals surface area contributed by atoms with E-state index in [9.17, 15) is 0 Å². The topological polar surface area (TPSA) is 34.2 Å². The van der Waals surface area contributed by atoms with Gasteiger partial charge in [0.2, 0.25) is 8.38 Å². The van der Waals surface area contributed by atoms with Gasteiger partial charge in [-0.25, -0.2) is 4.31 Å². The molecule has 186 valence electrons. The lowest BCUT2D eigenvalue weighted by molar-refractivity contribution is 0.276. The maximum absolute atomic E-state index is 6.13. The highest BCUT2D eigenvalue weighted by Gasteiger charge is 2.28. The zero-order valence-corrected chi connectivity index (χ0v) is 23.4. The second-order valence-corrected chi connectivity index (χ2v) is 11.3. The molecule has 8 heteroatoms. The smallest absolute Gasteiger partial charge is 0.200 e. The molecule has 34 heavy (non-hydrogen) atoms. The summed E-state index contributed by atoms with van der Waals surface area (Å²) in [6.45, 7) is 8.40. The van der Waals surface area contributed by atoms with Crippen molar-refractivity contribution < 1.29 is 13.8 Å². The van der Waals surface area contributed by atoms with Gasteiger partial charge in [-0.2, -0.15) is 0 Å². The number of fused-ring (bicyclic) bond motifs is 1. The number of para-hydroxylation sites is 1. The Morgan fingerprint density at radius 2 is 1.85 bits per heavy atom. The third-order valence-corrected chi connectivity index (χ3v) is 8.79. The molecule has 0 aromatic heterocycles. The lowest BCUT2D eigenvalue weighted by atomic mass is 10.1. The van der Waals surface area contributed by atoms with Crippen LogP contribution in [0.15, 0.2) is 64.3 Å². The molecule has 1 aliphatic rings. The van der Waals surface area contributed by atoms with E-state index in [2.05, 4.69) is 71.9 Å². The molecule has 2 aromatic carbocycles. The number of anilines is 2. The van der Waals surface area contributed by atoms with Gasteiger partial charge in [0.25, 0.3) is 0 Å². The molecule has 2 aromatic rings. The molecule has 1 aliphatic heterocycles. The standard InChI is InChI=1S/C26H37N2O3PS2/c1-6-9-13-22-20-28(21-14-11-10-12-15-21)23-18-26(33-5)24(19-25(23)34-27(22)4)29-16-17-32(30-7-2)31-8-3/h10-12,14-19,22H,6-9,13,20H2,1-5H3/b17-16+. The van der Waals surface area contributed by atoms with Crippen molar-refractivity contribution in [2.45, 2.75) is 55.9 Å². The molecule has 1 unspecified atom stereocenters. The first-order chi connectivity index (χ1) is 16.6. The van der Waals surface area contributed by atoms with Crippen LogP contribution >= 0.6 is 32.1 Å². The van der Waals surface area contributed by atoms with Crippen molar-refractivity contribution in [3.05, 3.63) is 54.5 Å². The normalized spacial score (nSPS) is 16.8. The van der Waals surface area contributed by atoms with Crippen molar-refractivity contribution in [2.24, 2.45) is 0 Å². The zero-order chi connectivity index (χ0) is 24.3. The summed E-state index contributed by atoms with van der Waals surface area (Å²) in [4.78, 5) is 4.77. The molecule has 0 amide bonds. The van der Waals surface area contributed by atoms with Crippen LogP contribution in [-0.2, 0) is 9.05 Å². The largest absolute Gasteiger partial charge is 0.464 e. The maximum Gasteiger partial charge on any atom is 0.200 e. The Morgan fingerprint density at radius 3 is 2.50 bits per heavy atom. The van der Waals surface area contributed by atoms with Gasteiger partial charge < -0.3 is 18.7 Å². The first-order valence-electron chi connectivity index (χ1n) is 11.9. The summed E-state index contributed by atoms with van der Waals surface area (Å²) in [6.07, 6.45) is 7.42. The summed E-state index contributed by atoms with van der Waals surface area (Å²) in [5.41, 5.74) is 2.45. The fourth-order valence-electron chi connectivity index (χ4n) is 3.82. The molecule has 5 nitrogen and oxygen atoms in total. The molecule has 0 spiro atoms. The van der Waals surface area contributed by atoms with E-state index in [4.69, 9.17) is 13.8 Å². The molecule has 0 N–H and O–H groups in total. The Morgan fingerprint density at radius 1 is 1.12 bits per heavy atom. The van der Waals surface area contributed by atoms with Gasteiger partial charge in [0.15, 0.2) is 0 Å². The average molecular weight is 521 g/mol. The van der Waals surface area contributed by atoms with Crippen LogP contribution in [0.5, 0.6) is 5.75 Å². The Hall–Kier alpha value is -1.21. The second kappa shape index (κ2) is 14.4. The third kappa shape index (κ3) is 7.39. The van der Waals surface area contributed by atoms with Gasteiger partial charge in [-0.1, -0.05) is 38.0 Å². The lowest BCUT2D eigenvalue weighted by Crippen LogP contribution is -2.35. The minimum atomic E-state index is -1.08. The van der Waals surface area contributed by atoms with Gasteiger partial charge in [0.1, 0.15) is 5.75 Å². The highest BCUT2D eigenvalue weighted by atomic mass is 32.2. The van der Waals surface area contributed by atoms with Gasteiger partial charge in [-0.15, -0.1) is 11.8 Å². The molecule has 0 fully saturated rings. The van der Waals surface area contributed by atoms with E-state index in [1.54, 1.807) is 18.0 Å². The van der Waals surface area contributed by atoms with E-state index in [1.807, 2.05) is 31.6 Å². The Bertz CT molecular complexity index is 910. The summed E-state index contributed by atoms with van der Waals surface area (Å²) in [5, 5.41) is 0. The minimum absolute atomic E-state index is 0.459. The molecule has 3 rings (SSSR count). The van der Waals surface area contributed by atoms with Crippen LogP contribution in [0, 0.1) is 0 Å². The van der Waals surface area contributed by atoms with Crippen molar-refractivity contribution in [3.63, 3.8) is 0 Å². The average Bonchev–Trinajstić information content (AvgIpc) is 2.98. The highest BCUT2D eigenvalue weighted by Crippen LogP contribution is 2.46. The van der Waals surface area contributed by atoms with Gasteiger partial charge >= 0.3 is 0 Å². The summed E-state index contributed by atoms with van der Waals surface area (Å²) in [6, 6.07) is 15.6. The fourth-order valence-corrected chi connectivity index (χ4v) is 6.32. The Balaban J connectivity index is 1.95. The molecule has 1 heterocycles. The van der Waals surface area contributed by atoms with E-state index in [-0.39, 0.29) is 0 Å². The van der Waals surface area contributed by atoms with Crippen LogP contribution in [0.1, 0.15) is 40.0 Å². The van der Waals surface area contributed by atoms with E-state index < -0.39 is 8.38 Å². The number of benzene rings is 2. The predicted molar refractivity (Wildman–Crippen MR) is 149 cm³/mol. The van der Waals surface area contributed by atoms with Crippen molar-refractivity contribution in [1.82, 2.24) is 4.31 Å². The molecule has 0 saturated heterocycles. The summed E-state index contributed by atoms with van der Waals surface area (Å²) < 4.78 is 19.9. The summed E-state index contributed by atoms with van der Waals surface area (Å²) >= 11 is 3.51. The first kappa shape index (κ1) is 27.4. The Labute approximate surface area is 215 Å². The molecule has 0 radical (unpaired) electrons. The van der Waals surface area contributed by atoms with E-state index in [0.29, 0.717) is 19.3 Å². The number of nitrogens with zero attached hydrogens (tertiary/aromatic N) is 2. The minimum Gasteiger partial charge on any atom is -0.464 e. The second-order valence-electron chi connectivity index (χ2n) is 7.87. The summed E-state index contributed by atoms with van der Waals surface area (Å²) in [7, 11) is 1.14. The fraction of sp³-hybridized carbons (Fsp3) is 0.462. The van der Waals surface area contributed by atoms with Crippen LogP contribution in [0.3, 0.4) is 0 Å². The van der Waals surface area contributed by atoms with Gasteiger partial charge in [-0.3, -0.25) is 0 Å². The van der Waals surface area contributed by atoms with Crippen molar-refractivity contribution in [3.8, 4) is 5.75 Å². The lowest BCUT2D eigenvalue weighted by Gasteiger charge is -2.30. The molecule has 0 saturated carbocycles. The number of rotatable bonds is 12. The SMILES string of the molecule is CCCCC1CN(c2ccccc2)c2cc(SC)c(O/C=C/P(OCC)OCC)cc2SN1C. The van der Waals surface area contributed by atoms with E-state index in [0.717, 1.165) is 17.2 Å². The molecule has 1 atom stereocenters. The number of likely N-dealkylation sites (N-methyl/N-ethyl adjacent to an activating group) is 1. The van der Waals surface area contributed by atoms with Crippen molar-refractivity contribution in [2.75, 3.05) is 38.0 Å². The number of thioether (sulfide) groups is 1. The molecular weight excluding hydrogens is 483 g/mol. The predicted octanol–water partition coefficient (Wildman–Crippen LogP) is 8.29. The third-order valence-electron chi connectivity index (χ3n) is 5.53. The van der Waals surface area contributed by atoms with Crippen LogP contribution in [0.2, 0.25) is 0 Å². The molecular formula is C26H37N2O3PS2. The van der Waals surface area contributed by atoms with Crippen LogP contribution in [0.25, 0.3) is 0 Å². The maximum atomic E-state index is 6.13. The van der Waals surface area contributed by atoms with Crippen LogP contribution in [0.4, 0.5) is 11.4 Å². The van der Waals surface area contributed by atoms with Crippen molar-refractivity contribution in [1.29, 1.82) is 0 Å². The van der Waals surface area contributed by atoms with Gasteiger partial charge in [-0.05, 0) is 69.8 Å². The summed E-state index contributed by atoms with van der Waals surface area (Å²) in [5.74, 6) is 2.74. The van der Waals surface area contributed by atoms with Crippen molar-refractivity contribution >= 4 is 43.5 Å². The molecule has 0 bridgehead atoms. The van der Waals surface area contributed by atoms with Gasteiger partial charge in [0.05, 0.1) is 35.0 Å². The number of ether oxygens (including phenoxy) is 1. The van der Waals surface area contributed by atoms with E-state index in [1.165, 1.54) is 35.5 Å². The Kier molecular flexibility index (Phi) is 11.6. The highest BCUT2D eigenvalue weighted by molar-refractivity contribution is 7.98. The first-order valence-corrected chi connectivity index (χ1v) is 15.2. The van der Waals surface area contributed by atoms with Crippen LogP contribution in [-0.4, -0.2) is 43.4 Å². The van der Waals surface area contributed by atoms with Crippen LogP contribution < -0.4 is 9.64 Å². The van der Waals surface area contributed by atoms with Gasteiger partial charge in [0, 0.05) is 24.1 Å².